The first-order valence-corrected chi connectivity index (χ1v) is 5.77. The van der Waals surface area contributed by atoms with Gasteiger partial charge in [-0.25, -0.2) is 4.79 Å². The van der Waals surface area contributed by atoms with Crippen LogP contribution < -0.4 is 4.90 Å². The van der Waals surface area contributed by atoms with E-state index in [1.54, 1.807) is 25.5 Å². The Kier molecular flexibility index (Phi) is 3.38. The van der Waals surface area contributed by atoms with E-state index in [1.807, 2.05) is 0 Å². The van der Waals surface area contributed by atoms with Gasteiger partial charge in [0.25, 0.3) is 0 Å². The number of aromatic nitrogens is 1. The van der Waals surface area contributed by atoms with Crippen LogP contribution in [0.3, 0.4) is 0 Å². The van der Waals surface area contributed by atoms with Gasteiger partial charge in [-0.3, -0.25) is 4.98 Å². The summed E-state index contributed by atoms with van der Waals surface area (Å²) in [7, 11) is 1.60. The van der Waals surface area contributed by atoms with Crippen LogP contribution in [0.15, 0.2) is 18.5 Å². The molecule has 2 rings (SSSR count). The third kappa shape index (κ3) is 2.44. The van der Waals surface area contributed by atoms with Gasteiger partial charge in [-0.1, -0.05) is 11.6 Å². The first-order chi connectivity index (χ1) is 8.09. The van der Waals surface area contributed by atoms with Gasteiger partial charge in [0.1, 0.15) is 0 Å². The molecule has 0 bridgehead atoms. The first kappa shape index (κ1) is 12.0. The molecule has 6 heteroatoms. The molecule has 1 saturated heterocycles. The molecule has 1 fully saturated rings. The summed E-state index contributed by atoms with van der Waals surface area (Å²) in [4.78, 5) is 18.3. The summed E-state index contributed by atoms with van der Waals surface area (Å²) in [5, 5.41) is 9.57. The molecule has 1 aliphatic heterocycles. The number of halogens is 1. The molecule has 1 aromatic rings. The van der Waals surface area contributed by atoms with Gasteiger partial charge in [-0.15, -0.1) is 0 Å². The molecule has 1 aromatic heterocycles. The fourth-order valence-corrected chi connectivity index (χ4v) is 2.26. The van der Waals surface area contributed by atoms with Crippen LogP contribution >= 0.6 is 11.6 Å². The number of hydrogen-bond acceptors (Lipinski definition) is 3. The van der Waals surface area contributed by atoms with E-state index in [4.69, 9.17) is 16.7 Å². The Morgan fingerprint density at radius 2 is 2.47 bits per heavy atom. The number of nitrogens with zero attached hydrogens (tertiary/aromatic N) is 3. The van der Waals surface area contributed by atoms with E-state index in [0.717, 1.165) is 18.7 Å². The second kappa shape index (κ2) is 4.79. The lowest BCUT2D eigenvalue weighted by Crippen LogP contribution is -2.38. The van der Waals surface area contributed by atoms with Crippen molar-refractivity contribution in [3.05, 3.63) is 23.5 Å². The van der Waals surface area contributed by atoms with E-state index >= 15 is 0 Å². The highest BCUT2D eigenvalue weighted by Gasteiger charge is 2.29. The maximum absolute atomic E-state index is 10.9. The fraction of sp³-hybridized carbons (Fsp3) is 0.455. The third-order valence-corrected chi connectivity index (χ3v) is 3.42. The molecule has 17 heavy (non-hydrogen) atoms. The van der Waals surface area contributed by atoms with Crippen molar-refractivity contribution in [1.82, 2.24) is 9.88 Å². The SMILES string of the molecule is CN(C(=O)O)C1CCN(c2cnccc2Cl)C1. The molecule has 0 saturated carbocycles. The predicted molar refractivity (Wildman–Crippen MR) is 65.7 cm³/mol. The van der Waals surface area contributed by atoms with Crippen LogP contribution in [0.2, 0.25) is 5.02 Å². The molecular formula is C11H14ClN3O2. The maximum Gasteiger partial charge on any atom is 0.407 e. The Morgan fingerprint density at radius 1 is 1.71 bits per heavy atom. The Balaban J connectivity index is 2.08. The standard InChI is InChI=1S/C11H14ClN3O2/c1-14(11(16)17)8-3-5-15(7-8)10-6-13-4-2-9(10)12/h2,4,6,8H,3,5,7H2,1H3,(H,16,17). The van der Waals surface area contributed by atoms with Crippen molar-refractivity contribution in [2.24, 2.45) is 0 Å². The van der Waals surface area contributed by atoms with E-state index in [-0.39, 0.29) is 6.04 Å². The molecule has 0 radical (unpaired) electrons. The highest BCUT2D eigenvalue weighted by molar-refractivity contribution is 6.33. The summed E-state index contributed by atoms with van der Waals surface area (Å²) in [5.41, 5.74) is 0.871. The van der Waals surface area contributed by atoms with Crippen molar-refractivity contribution >= 4 is 23.4 Å². The highest BCUT2D eigenvalue weighted by atomic mass is 35.5. The van der Waals surface area contributed by atoms with Crippen LogP contribution in [-0.4, -0.2) is 47.3 Å². The number of rotatable bonds is 2. The minimum Gasteiger partial charge on any atom is -0.465 e. The summed E-state index contributed by atoms with van der Waals surface area (Å²) in [6.07, 6.45) is 3.27. The smallest absolute Gasteiger partial charge is 0.407 e. The van der Waals surface area contributed by atoms with Crippen molar-refractivity contribution in [2.75, 3.05) is 25.0 Å². The molecule has 1 amide bonds. The number of likely N-dealkylation sites (N-methyl/N-ethyl adjacent to an activating group) is 1. The monoisotopic (exact) mass is 255 g/mol. The Labute approximate surface area is 105 Å². The lowest BCUT2D eigenvalue weighted by atomic mass is 10.2. The van der Waals surface area contributed by atoms with Crippen LogP contribution in [0.1, 0.15) is 6.42 Å². The second-order valence-corrected chi connectivity index (χ2v) is 4.52. The molecule has 92 valence electrons. The van der Waals surface area contributed by atoms with Crippen LogP contribution in [-0.2, 0) is 0 Å². The molecule has 0 aromatic carbocycles. The zero-order valence-electron chi connectivity index (χ0n) is 9.51. The third-order valence-electron chi connectivity index (χ3n) is 3.10. The normalized spacial score (nSPS) is 19.4. The highest BCUT2D eigenvalue weighted by Crippen LogP contribution is 2.28. The molecule has 0 aliphatic carbocycles. The quantitative estimate of drug-likeness (QED) is 0.877. The molecule has 1 atom stereocenters. The van der Waals surface area contributed by atoms with Gasteiger partial charge in [0.2, 0.25) is 0 Å². The van der Waals surface area contributed by atoms with E-state index in [2.05, 4.69) is 9.88 Å². The van der Waals surface area contributed by atoms with Crippen molar-refractivity contribution < 1.29 is 9.90 Å². The Hall–Kier alpha value is -1.49. The molecule has 0 spiro atoms. The predicted octanol–water partition coefficient (Wildman–Crippen LogP) is 1.92. The van der Waals surface area contributed by atoms with Gasteiger partial charge in [-0.2, -0.15) is 0 Å². The average Bonchev–Trinajstić information content (AvgIpc) is 2.77. The lowest BCUT2D eigenvalue weighted by Gasteiger charge is -2.23. The van der Waals surface area contributed by atoms with Gasteiger partial charge in [0.05, 0.1) is 22.9 Å². The summed E-state index contributed by atoms with van der Waals surface area (Å²) >= 11 is 6.08. The topological polar surface area (TPSA) is 56.7 Å². The fourth-order valence-electron chi connectivity index (χ4n) is 2.03. The molecule has 1 N–H and O–H groups in total. The van der Waals surface area contributed by atoms with Gasteiger partial charge in [0, 0.05) is 26.3 Å². The number of carbonyl (C=O) groups is 1. The van der Waals surface area contributed by atoms with Gasteiger partial charge >= 0.3 is 6.09 Å². The van der Waals surface area contributed by atoms with Gasteiger partial charge in [0.15, 0.2) is 0 Å². The van der Waals surface area contributed by atoms with E-state index in [1.165, 1.54) is 4.90 Å². The largest absolute Gasteiger partial charge is 0.465 e. The maximum atomic E-state index is 10.9. The number of hydrogen-bond donors (Lipinski definition) is 1. The summed E-state index contributed by atoms with van der Waals surface area (Å²) < 4.78 is 0. The van der Waals surface area contributed by atoms with Gasteiger partial charge in [-0.05, 0) is 12.5 Å². The van der Waals surface area contributed by atoms with Gasteiger partial charge < -0.3 is 14.9 Å². The number of carboxylic acid groups (broad SMARTS) is 1. The minimum absolute atomic E-state index is 0.0174. The summed E-state index contributed by atoms with van der Waals surface area (Å²) in [5.74, 6) is 0. The molecule has 5 nitrogen and oxygen atoms in total. The first-order valence-electron chi connectivity index (χ1n) is 5.40. The minimum atomic E-state index is -0.894. The lowest BCUT2D eigenvalue weighted by molar-refractivity contribution is 0.142. The van der Waals surface area contributed by atoms with Crippen molar-refractivity contribution in [1.29, 1.82) is 0 Å². The van der Waals surface area contributed by atoms with Crippen LogP contribution in [0.25, 0.3) is 0 Å². The van der Waals surface area contributed by atoms with E-state index in [0.29, 0.717) is 11.6 Å². The van der Waals surface area contributed by atoms with Crippen LogP contribution in [0, 0.1) is 0 Å². The number of anilines is 1. The van der Waals surface area contributed by atoms with E-state index in [9.17, 15) is 4.79 Å². The Morgan fingerprint density at radius 3 is 3.12 bits per heavy atom. The molecule has 1 aliphatic rings. The van der Waals surface area contributed by atoms with E-state index < -0.39 is 6.09 Å². The molecule has 2 heterocycles. The number of amides is 1. The van der Waals surface area contributed by atoms with Crippen molar-refractivity contribution in [2.45, 2.75) is 12.5 Å². The molecule has 1 unspecified atom stereocenters. The van der Waals surface area contributed by atoms with Crippen LogP contribution in [0.4, 0.5) is 10.5 Å². The van der Waals surface area contributed by atoms with Crippen LogP contribution in [0.5, 0.6) is 0 Å². The van der Waals surface area contributed by atoms with Crippen molar-refractivity contribution in [3.63, 3.8) is 0 Å². The van der Waals surface area contributed by atoms with Crippen molar-refractivity contribution in [3.8, 4) is 0 Å². The summed E-state index contributed by atoms with van der Waals surface area (Å²) in [6.45, 7) is 1.46. The summed E-state index contributed by atoms with van der Waals surface area (Å²) in [6, 6.07) is 1.76. The average molecular weight is 256 g/mol. The Bertz CT molecular complexity index is 427. The second-order valence-electron chi connectivity index (χ2n) is 4.11. The zero-order valence-corrected chi connectivity index (χ0v) is 10.3. The zero-order chi connectivity index (χ0) is 12.4. The number of pyridine rings is 1. The molecular weight excluding hydrogens is 242 g/mol.